The molecule has 0 unspecified atom stereocenters. The number of hydrogen-bond acceptors (Lipinski definition) is 3. The van der Waals surface area contributed by atoms with Crippen molar-refractivity contribution in [1.29, 1.82) is 0 Å². The van der Waals surface area contributed by atoms with Crippen LogP contribution >= 0.6 is 0 Å². The van der Waals surface area contributed by atoms with Gasteiger partial charge in [0.15, 0.2) is 5.78 Å². The summed E-state index contributed by atoms with van der Waals surface area (Å²) in [6.07, 6.45) is 1.66. The van der Waals surface area contributed by atoms with Crippen LogP contribution in [0, 0.1) is 5.92 Å². The van der Waals surface area contributed by atoms with Crippen LogP contribution in [0.2, 0.25) is 0 Å². The van der Waals surface area contributed by atoms with Gasteiger partial charge in [-0.25, -0.2) is 0 Å². The van der Waals surface area contributed by atoms with Gasteiger partial charge in [-0.1, -0.05) is 12.1 Å². The summed E-state index contributed by atoms with van der Waals surface area (Å²) in [6.45, 7) is 1.39. The van der Waals surface area contributed by atoms with Crippen molar-refractivity contribution in [1.82, 2.24) is 0 Å². The summed E-state index contributed by atoms with van der Waals surface area (Å²) < 4.78 is 10.4. The monoisotopic (exact) mass is 220 g/mol. The van der Waals surface area contributed by atoms with Gasteiger partial charge >= 0.3 is 0 Å². The number of ketones is 1. The summed E-state index contributed by atoms with van der Waals surface area (Å²) in [6, 6.07) is 7.35. The van der Waals surface area contributed by atoms with E-state index >= 15 is 0 Å². The Hall–Kier alpha value is -1.35. The molecule has 3 nitrogen and oxygen atoms in total. The smallest absolute Gasteiger partial charge is 0.166 e. The maximum absolute atomic E-state index is 12.2. The molecule has 16 heavy (non-hydrogen) atoms. The number of rotatable bonds is 3. The topological polar surface area (TPSA) is 35.5 Å². The van der Waals surface area contributed by atoms with Crippen molar-refractivity contribution < 1.29 is 14.3 Å². The Morgan fingerprint density at radius 1 is 1.38 bits per heavy atom. The minimum absolute atomic E-state index is 0.112. The van der Waals surface area contributed by atoms with Crippen LogP contribution in [-0.4, -0.2) is 26.1 Å². The lowest BCUT2D eigenvalue weighted by Crippen LogP contribution is -2.23. The third-order valence-electron chi connectivity index (χ3n) is 2.95. The molecule has 1 heterocycles. The van der Waals surface area contributed by atoms with Crippen LogP contribution in [-0.2, 0) is 4.74 Å². The quantitative estimate of drug-likeness (QED) is 0.733. The summed E-state index contributed by atoms with van der Waals surface area (Å²) in [7, 11) is 1.61. The highest BCUT2D eigenvalue weighted by atomic mass is 16.5. The first kappa shape index (κ1) is 11.1. The van der Waals surface area contributed by atoms with Crippen molar-refractivity contribution in [3.05, 3.63) is 29.8 Å². The minimum Gasteiger partial charge on any atom is -0.497 e. The van der Waals surface area contributed by atoms with E-state index in [1.54, 1.807) is 13.2 Å². The normalized spacial score (nSPS) is 17.1. The third kappa shape index (κ3) is 2.42. The molecular formula is C13H16O3. The number of Topliss-reactive ketones (excluding diaryl/α,β-unsaturated/α-hetero) is 1. The van der Waals surface area contributed by atoms with Crippen LogP contribution in [0.15, 0.2) is 24.3 Å². The number of ether oxygens (including phenoxy) is 2. The van der Waals surface area contributed by atoms with Crippen LogP contribution < -0.4 is 4.74 Å². The summed E-state index contributed by atoms with van der Waals surface area (Å²) in [4.78, 5) is 12.2. The lowest BCUT2D eigenvalue weighted by molar-refractivity contribution is 0.0544. The molecule has 0 amide bonds. The molecule has 1 aliphatic rings. The van der Waals surface area contributed by atoms with Gasteiger partial charge in [0.05, 0.1) is 7.11 Å². The molecule has 0 saturated carbocycles. The zero-order valence-corrected chi connectivity index (χ0v) is 9.44. The average Bonchev–Trinajstić information content (AvgIpc) is 2.39. The second-order valence-corrected chi connectivity index (χ2v) is 3.98. The minimum atomic E-state index is 0.112. The van der Waals surface area contributed by atoms with Gasteiger partial charge in [-0.3, -0.25) is 4.79 Å². The first-order valence-electron chi connectivity index (χ1n) is 5.57. The summed E-state index contributed by atoms with van der Waals surface area (Å²) in [5, 5.41) is 0. The van der Waals surface area contributed by atoms with Gasteiger partial charge in [-0.05, 0) is 25.0 Å². The number of benzene rings is 1. The number of carbonyl (C=O) groups excluding carboxylic acids is 1. The van der Waals surface area contributed by atoms with E-state index in [2.05, 4.69) is 0 Å². The molecule has 1 aromatic rings. The number of methoxy groups -OCH3 is 1. The van der Waals surface area contributed by atoms with Crippen LogP contribution in [0.1, 0.15) is 23.2 Å². The SMILES string of the molecule is COc1cccc(C(=O)C2CCOCC2)c1. The van der Waals surface area contributed by atoms with Crippen molar-refractivity contribution in [3.8, 4) is 5.75 Å². The van der Waals surface area contributed by atoms with Gasteiger partial charge in [0, 0.05) is 24.7 Å². The molecule has 0 aliphatic carbocycles. The third-order valence-corrected chi connectivity index (χ3v) is 2.95. The van der Waals surface area contributed by atoms with Gasteiger partial charge in [0.1, 0.15) is 5.75 Å². The van der Waals surface area contributed by atoms with Crippen molar-refractivity contribution in [2.45, 2.75) is 12.8 Å². The van der Waals surface area contributed by atoms with E-state index in [0.29, 0.717) is 13.2 Å². The van der Waals surface area contributed by atoms with E-state index in [1.807, 2.05) is 18.2 Å². The van der Waals surface area contributed by atoms with Gasteiger partial charge in [0.2, 0.25) is 0 Å². The summed E-state index contributed by atoms with van der Waals surface area (Å²) in [5.41, 5.74) is 0.742. The van der Waals surface area contributed by atoms with Crippen molar-refractivity contribution in [2.75, 3.05) is 20.3 Å². The molecule has 2 rings (SSSR count). The fraction of sp³-hybridized carbons (Fsp3) is 0.462. The van der Waals surface area contributed by atoms with Gasteiger partial charge < -0.3 is 9.47 Å². The molecule has 1 aromatic carbocycles. The van der Waals surface area contributed by atoms with Crippen LogP contribution in [0.25, 0.3) is 0 Å². The van der Waals surface area contributed by atoms with E-state index < -0.39 is 0 Å². The van der Waals surface area contributed by atoms with E-state index in [4.69, 9.17) is 9.47 Å². The largest absolute Gasteiger partial charge is 0.497 e. The maximum atomic E-state index is 12.2. The Bertz CT molecular complexity index is 367. The average molecular weight is 220 g/mol. The molecule has 86 valence electrons. The van der Waals surface area contributed by atoms with Crippen molar-refractivity contribution in [3.63, 3.8) is 0 Å². The van der Waals surface area contributed by atoms with Crippen LogP contribution in [0.3, 0.4) is 0 Å². The van der Waals surface area contributed by atoms with Gasteiger partial charge in [0.25, 0.3) is 0 Å². The molecule has 1 saturated heterocycles. The Kier molecular flexibility index (Phi) is 3.57. The number of carbonyl (C=O) groups is 1. The molecule has 0 bridgehead atoms. The predicted molar refractivity (Wildman–Crippen MR) is 60.9 cm³/mol. The van der Waals surface area contributed by atoms with Gasteiger partial charge in [-0.15, -0.1) is 0 Å². The zero-order valence-electron chi connectivity index (χ0n) is 9.44. The Morgan fingerprint density at radius 3 is 2.81 bits per heavy atom. The highest BCUT2D eigenvalue weighted by Crippen LogP contribution is 2.22. The molecule has 0 aromatic heterocycles. The first-order valence-corrected chi connectivity index (χ1v) is 5.57. The molecular weight excluding hydrogens is 204 g/mol. The highest BCUT2D eigenvalue weighted by molar-refractivity contribution is 5.98. The van der Waals surface area contributed by atoms with Gasteiger partial charge in [-0.2, -0.15) is 0 Å². The van der Waals surface area contributed by atoms with Crippen molar-refractivity contribution in [2.24, 2.45) is 5.92 Å². The Balaban J connectivity index is 2.12. The molecule has 1 fully saturated rings. The highest BCUT2D eigenvalue weighted by Gasteiger charge is 2.22. The molecule has 3 heteroatoms. The fourth-order valence-electron chi connectivity index (χ4n) is 1.97. The first-order chi connectivity index (χ1) is 7.81. The Morgan fingerprint density at radius 2 is 2.12 bits per heavy atom. The molecule has 0 spiro atoms. The molecule has 0 N–H and O–H groups in total. The lowest BCUT2D eigenvalue weighted by Gasteiger charge is -2.20. The van der Waals surface area contributed by atoms with Crippen LogP contribution in [0.5, 0.6) is 5.75 Å². The van der Waals surface area contributed by atoms with Crippen LogP contribution in [0.4, 0.5) is 0 Å². The van der Waals surface area contributed by atoms with E-state index in [-0.39, 0.29) is 11.7 Å². The fourth-order valence-corrected chi connectivity index (χ4v) is 1.97. The lowest BCUT2D eigenvalue weighted by atomic mass is 9.91. The maximum Gasteiger partial charge on any atom is 0.166 e. The summed E-state index contributed by atoms with van der Waals surface area (Å²) in [5.74, 6) is 1.06. The van der Waals surface area contributed by atoms with Crippen molar-refractivity contribution >= 4 is 5.78 Å². The van der Waals surface area contributed by atoms with E-state index in [1.165, 1.54) is 0 Å². The van der Waals surface area contributed by atoms with E-state index in [0.717, 1.165) is 24.2 Å². The number of hydrogen-bond donors (Lipinski definition) is 0. The Labute approximate surface area is 95.4 Å². The second kappa shape index (κ2) is 5.12. The standard InChI is InChI=1S/C13H16O3/c1-15-12-4-2-3-11(9-12)13(14)10-5-7-16-8-6-10/h2-4,9-10H,5-8H2,1H3. The molecule has 0 radical (unpaired) electrons. The zero-order chi connectivity index (χ0) is 11.4. The molecule has 1 aliphatic heterocycles. The summed E-state index contributed by atoms with van der Waals surface area (Å²) >= 11 is 0. The predicted octanol–water partition coefficient (Wildman–Crippen LogP) is 2.30. The second-order valence-electron chi connectivity index (χ2n) is 3.98. The van der Waals surface area contributed by atoms with E-state index in [9.17, 15) is 4.79 Å². The molecule has 0 atom stereocenters.